The van der Waals surface area contributed by atoms with E-state index >= 15 is 0 Å². The van der Waals surface area contributed by atoms with Gasteiger partial charge in [0, 0.05) is 5.56 Å². The maximum absolute atomic E-state index is 11.3. The highest BCUT2D eigenvalue weighted by Crippen LogP contribution is 2.21. The van der Waals surface area contributed by atoms with Crippen LogP contribution in [0, 0.1) is 0 Å². The van der Waals surface area contributed by atoms with Crippen molar-refractivity contribution >= 4 is 5.78 Å². The Kier molecular flexibility index (Phi) is 4.99. The van der Waals surface area contributed by atoms with Crippen LogP contribution in [-0.4, -0.2) is 22.6 Å². The number of benzene rings is 1. The van der Waals surface area contributed by atoms with Gasteiger partial charge in [-0.15, -0.1) is 0 Å². The van der Waals surface area contributed by atoms with Gasteiger partial charge in [-0.2, -0.15) is 0 Å². The maximum atomic E-state index is 11.3. The molecule has 1 aromatic rings. The van der Waals surface area contributed by atoms with Gasteiger partial charge in [0.15, 0.2) is 5.78 Å². The monoisotopic (exact) mass is 222 g/mol. The number of phenols is 1. The van der Waals surface area contributed by atoms with Crippen molar-refractivity contribution in [2.75, 3.05) is 6.61 Å². The molecule has 0 aliphatic rings. The van der Waals surface area contributed by atoms with Gasteiger partial charge in [0.1, 0.15) is 12.4 Å². The van der Waals surface area contributed by atoms with Crippen LogP contribution in [0.25, 0.3) is 0 Å². The molecule has 0 radical (unpaired) electrons. The minimum Gasteiger partial charge on any atom is -0.508 e. The summed E-state index contributed by atoms with van der Waals surface area (Å²) in [7, 11) is 0. The molecule has 0 aliphatic heterocycles. The van der Waals surface area contributed by atoms with E-state index in [1.807, 2.05) is 0 Å². The number of carbonyl (C=O) groups is 1. The van der Waals surface area contributed by atoms with E-state index in [1.54, 1.807) is 6.07 Å². The van der Waals surface area contributed by atoms with Crippen LogP contribution in [0.3, 0.4) is 0 Å². The Balaban J connectivity index is 2.78. The fourth-order valence-electron chi connectivity index (χ4n) is 1.62. The summed E-state index contributed by atoms with van der Waals surface area (Å²) in [5.74, 6) is -0.0812. The summed E-state index contributed by atoms with van der Waals surface area (Å²) in [5.41, 5.74) is 1.25. The molecule has 16 heavy (non-hydrogen) atoms. The predicted molar refractivity (Wildman–Crippen MR) is 62.8 cm³/mol. The van der Waals surface area contributed by atoms with Crippen LogP contribution in [0.5, 0.6) is 5.75 Å². The summed E-state index contributed by atoms with van der Waals surface area (Å²) >= 11 is 0. The molecule has 0 heterocycles. The molecule has 88 valence electrons. The van der Waals surface area contributed by atoms with E-state index in [1.165, 1.54) is 12.1 Å². The molecule has 3 heteroatoms. The molecule has 0 saturated heterocycles. The van der Waals surface area contributed by atoms with Crippen molar-refractivity contribution in [1.29, 1.82) is 0 Å². The average molecular weight is 222 g/mol. The number of aryl methyl sites for hydroxylation is 1. The number of aliphatic hydroxyl groups is 1. The summed E-state index contributed by atoms with van der Waals surface area (Å²) in [4.78, 5) is 11.3. The van der Waals surface area contributed by atoms with Crippen molar-refractivity contribution in [2.24, 2.45) is 0 Å². The molecule has 0 aliphatic carbocycles. The fourth-order valence-corrected chi connectivity index (χ4v) is 1.62. The van der Waals surface area contributed by atoms with Crippen molar-refractivity contribution < 1.29 is 15.0 Å². The lowest BCUT2D eigenvalue weighted by Gasteiger charge is -2.06. The van der Waals surface area contributed by atoms with Crippen LogP contribution in [0.1, 0.15) is 42.1 Å². The Morgan fingerprint density at radius 1 is 1.31 bits per heavy atom. The second kappa shape index (κ2) is 6.28. The third kappa shape index (κ3) is 3.35. The van der Waals surface area contributed by atoms with Crippen molar-refractivity contribution in [3.63, 3.8) is 0 Å². The van der Waals surface area contributed by atoms with Gasteiger partial charge in [0.2, 0.25) is 0 Å². The zero-order chi connectivity index (χ0) is 12.0. The molecular formula is C13H18O3. The number of rotatable bonds is 6. The van der Waals surface area contributed by atoms with Gasteiger partial charge < -0.3 is 10.2 Å². The van der Waals surface area contributed by atoms with Gasteiger partial charge in [-0.1, -0.05) is 19.8 Å². The van der Waals surface area contributed by atoms with E-state index in [4.69, 9.17) is 5.11 Å². The van der Waals surface area contributed by atoms with Gasteiger partial charge >= 0.3 is 0 Å². The molecule has 0 amide bonds. The lowest BCUT2D eigenvalue weighted by molar-refractivity contribution is 0.0903. The van der Waals surface area contributed by atoms with Crippen molar-refractivity contribution in [2.45, 2.75) is 32.6 Å². The van der Waals surface area contributed by atoms with Crippen LogP contribution in [0.4, 0.5) is 0 Å². The Bertz CT molecular complexity index is 358. The van der Waals surface area contributed by atoms with Crippen LogP contribution < -0.4 is 0 Å². The molecule has 1 rings (SSSR count). The van der Waals surface area contributed by atoms with E-state index in [0.29, 0.717) is 5.56 Å². The van der Waals surface area contributed by atoms with E-state index < -0.39 is 6.61 Å². The van der Waals surface area contributed by atoms with Gasteiger partial charge in [0.25, 0.3) is 0 Å². The first kappa shape index (κ1) is 12.7. The molecule has 0 fully saturated rings. The molecule has 0 saturated carbocycles. The summed E-state index contributed by atoms with van der Waals surface area (Å²) in [6, 6.07) is 4.73. The Labute approximate surface area is 95.7 Å². The molecule has 3 nitrogen and oxygen atoms in total. The lowest BCUT2D eigenvalue weighted by atomic mass is 10.0. The Morgan fingerprint density at radius 2 is 2.06 bits per heavy atom. The van der Waals surface area contributed by atoms with Gasteiger partial charge in [-0.05, 0) is 36.6 Å². The van der Waals surface area contributed by atoms with Crippen molar-refractivity contribution in [3.05, 3.63) is 29.3 Å². The van der Waals surface area contributed by atoms with E-state index in [-0.39, 0.29) is 11.5 Å². The molecule has 0 bridgehead atoms. The number of carbonyl (C=O) groups excluding carboxylic acids is 1. The minimum absolute atomic E-state index is 0.227. The average Bonchev–Trinajstić information content (AvgIpc) is 2.31. The largest absolute Gasteiger partial charge is 0.508 e. The molecule has 0 aromatic heterocycles. The smallest absolute Gasteiger partial charge is 0.188 e. The molecule has 0 unspecified atom stereocenters. The third-order valence-electron chi connectivity index (χ3n) is 2.59. The van der Waals surface area contributed by atoms with E-state index in [2.05, 4.69) is 6.92 Å². The van der Waals surface area contributed by atoms with Crippen LogP contribution >= 0.6 is 0 Å². The number of aliphatic hydroxyl groups excluding tert-OH is 1. The van der Waals surface area contributed by atoms with Crippen LogP contribution in [0.15, 0.2) is 18.2 Å². The van der Waals surface area contributed by atoms with Crippen LogP contribution in [-0.2, 0) is 6.42 Å². The zero-order valence-corrected chi connectivity index (χ0v) is 9.57. The topological polar surface area (TPSA) is 57.5 Å². The normalized spacial score (nSPS) is 10.4. The second-order valence-electron chi connectivity index (χ2n) is 3.88. The Morgan fingerprint density at radius 3 is 2.69 bits per heavy atom. The van der Waals surface area contributed by atoms with Crippen LogP contribution in [0.2, 0.25) is 0 Å². The standard InChI is InChI=1S/C13H18O3/c1-2-3-4-5-10-8-11(13(16)9-14)6-7-12(10)15/h6-8,14-15H,2-5,9H2,1H3. The SMILES string of the molecule is CCCCCc1cc(C(=O)CO)ccc1O. The van der Waals surface area contributed by atoms with Gasteiger partial charge in [-0.3, -0.25) is 4.79 Å². The number of ketones is 1. The maximum Gasteiger partial charge on any atom is 0.188 e. The summed E-state index contributed by atoms with van der Waals surface area (Å²) in [5, 5.41) is 18.4. The quantitative estimate of drug-likeness (QED) is 0.573. The van der Waals surface area contributed by atoms with E-state index in [0.717, 1.165) is 31.2 Å². The number of hydrogen-bond acceptors (Lipinski definition) is 3. The first-order valence-corrected chi connectivity index (χ1v) is 5.65. The first-order valence-electron chi connectivity index (χ1n) is 5.65. The molecule has 2 N–H and O–H groups in total. The number of hydrogen-bond donors (Lipinski definition) is 2. The fraction of sp³-hybridized carbons (Fsp3) is 0.462. The summed E-state index contributed by atoms with van der Waals surface area (Å²) < 4.78 is 0. The zero-order valence-electron chi connectivity index (χ0n) is 9.57. The highest BCUT2D eigenvalue weighted by Gasteiger charge is 2.08. The first-order chi connectivity index (χ1) is 7.69. The third-order valence-corrected chi connectivity index (χ3v) is 2.59. The van der Waals surface area contributed by atoms with Gasteiger partial charge in [-0.25, -0.2) is 0 Å². The van der Waals surface area contributed by atoms with Gasteiger partial charge in [0.05, 0.1) is 0 Å². The summed E-state index contributed by atoms with van der Waals surface area (Å²) in [6.07, 6.45) is 4.00. The minimum atomic E-state index is -0.487. The lowest BCUT2D eigenvalue weighted by Crippen LogP contribution is -2.04. The molecule has 1 aromatic carbocycles. The number of unbranched alkanes of at least 4 members (excludes halogenated alkanes) is 2. The van der Waals surface area contributed by atoms with Crippen molar-refractivity contribution in [1.82, 2.24) is 0 Å². The van der Waals surface area contributed by atoms with Crippen molar-refractivity contribution in [3.8, 4) is 5.75 Å². The number of phenolic OH excluding ortho intramolecular Hbond substituents is 1. The second-order valence-corrected chi connectivity index (χ2v) is 3.88. The number of Topliss-reactive ketones (excluding diaryl/α,β-unsaturated/α-hetero) is 1. The molecule has 0 atom stereocenters. The molecular weight excluding hydrogens is 204 g/mol. The highest BCUT2D eigenvalue weighted by atomic mass is 16.3. The number of aromatic hydroxyl groups is 1. The summed E-state index contributed by atoms with van der Waals surface area (Å²) in [6.45, 7) is 1.63. The Hall–Kier alpha value is -1.35. The molecule has 0 spiro atoms. The predicted octanol–water partition coefficient (Wildman–Crippen LogP) is 2.30. The van der Waals surface area contributed by atoms with E-state index in [9.17, 15) is 9.90 Å². The highest BCUT2D eigenvalue weighted by molar-refractivity contribution is 5.97.